The second-order valence-corrected chi connectivity index (χ2v) is 7.63. The lowest BCUT2D eigenvalue weighted by Crippen LogP contribution is -2.47. The highest BCUT2D eigenvalue weighted by Gasteiger charge is 2.38. The van der Waals surface area contributed by atoms with Gasteiger partial charge in [-0.1, -0.05) is 36.1 Å². The molecule has 2 aromatic rings. The van der Waals surface area contributed by atoms with Crippen LogP contribution in [-0.4, -0.2) is 38.7 Å². The molecule has 1 aromatic carbocycles. The number of nitrogens with zero attached hydrogens (tertiary/aromatic N) is 1. The molecule has 8 heteroatoms. The molecular weight excluding hydrogens is 384 g/mol. The van der Waals surface area contributed by atoms with E-state index in [-0.39, 0.29) is 17.6 Å². The zero-order valence-corrected chi connectivity index (χ0v) is 16.2. The highest BCUT2D eigenvalue weighted by Crippen LogP contribution is 2.34. The number of carbonyl (C=O) groups is 2. The molecule has 0 radical (unpaired) electrons. The molecule has 1 aliphatic heterocycles. The van der Waals surface area contributed by atoms with E-state index >= 15 is 0 Å². The summed E-state index contributed by atoms with van der Waals surface area (Å²) in [6.07, 6.45) is 3.76. The molecule has 1 aromatic heterocycles. The Hall–Kier alpha value is -2.58. The van der Waals surface area contributed by atoms with Crippen molar-refractivity contribution in [3.8, 4) is 5.75 Å². The first kappa shape index (κ1) is 19.2. The fourth-order valence-electron chi connectivity index (χ4n) is 2.57. The van der Waals surface area contributed by atoms with E-state index in [1.54, 1.807) is 49.4 Å². The molecule has 0 bridgehead atoms. The maximum absolute atomic E-state index is 12.6. The molecule has 0 saturated carbocycles. The van der Waals surface area contributed by atoms with E-state index in [1.807, 2.05) is 0 Å². The molecule has 2 amide bonds. The van der Waals surface area contributed by atoms with Crippen LogP contribution in [0, 0.1) is 0 Å². The van der Waals surface area contributed by atoms with Gasteiger partial charge in [-0.15, -0.1) is 0 Å². The first-order valence-corrected chi connectivity index (χ1v) is 9.54. The van der Waals surface area contributed by atoms with Crippen molar-refractivity contribution in [3.63, 3.8) is 0 Å². The molecule has 0 spiro atoms. The molecule has 1 atom stereocenters. The molecule has 0 aliphatic carbocycles. The Morgan fingerprint density at radius 1 is 1.37 bits per heavy atom. The number of carbonyl (C=O) groups excluding carboxylic acids is 2. The van der Waals surface area contributed by atoms with Crippen LogP contribution in [0.4, 0.5) is 0 Å². The predicted molar refractivity (Wildman–Crippen MR) is 108 cm³/mol. The Labute approximate surface area is 166 Å². The van der Waals surface area contributed by atoms with Crippen LogP contribution < -0.4 is 5.32 Å². The highest BCUT2D eigenvalue weighted by atomic mass is 32.2. The van der Waals surface area contributed by atoms with Crippen LogP contribution in [0.3, 0.4) is 0 Å². The van der Waals surface area contributed by atoms with Crippen LogP contribution in [-0.2, 0) is 16.0 Å². The van der Waals surface area contributed by atoms with Crippen molar-refractivity contribution < 1.29 is 19.1 Å². The van der Waals surface area contributed by atoms with Gasteiger partial charge in [-0.25, -0.2) is 0 Å². The minimum absolute atomic E-state index is 0.202. The average molecular weight is 402 g/mol. The number of aromatic hydroxyl groups is 1. The Bertz CT molecular complexity index is 876. The second-order valence-electron chi connectivity index (χ2n) is 5.95. The zero-order chi connectivity index (χ0) is 19.4. The lowest BCUT2D eigenvalue weighted by atomic mass is 10.1. The minimum atomic E-state index is -0.709. The van der Waals surface area contributed by atoms with E-state index in [1.165, 1.54) is 11.2 Å². The monoisotopic (exact) mass is 402 g/mol. The Balaban J connectivity index is 1.58. The molecule has 1 unspecified atom stereocenters. The van der Waals surface area contributed by atoms with E-state index in [4.69, 9.17) is 16.6 Å². The topological polar surface area (TPSA) is 82.8 Å². The zero-order valence-electron chi connectivity index (χ0n) is 14.5. The Morgan fingerprint density at radius 2 is 2.11 bits per heavy atom. The van der Waals surface area contributed by atoms with Gasteiger partial charge in [-0.2, -0.15) is 0 Å². The third-order valence-corrected chi connectivity index (χ3v) is 5.39. The van der Waals surface area contributed by atoms with E-state index in [0.29, 0.717) is 28.0 Å². The summed E-state index contributed by atoms with van der Waals surface area (Å²) in [6, 6.07) is 9.57. The van der Waals surface area contributed by atoms with E-state index in [0.717, 1.165) is 17.3 Å². The van der Waals surface area contributed by atoms with Gasteiger partial charge in [-0.05, 0) is 43.2 Å². The SMILES string of the molecule is CC(C(=O)NCCc1ccc(O)cc1)N1C(=O)C(=Cc2ccco2)SC1=S. The van der Waals surface area contributed by atoms with E-state index in [9.17, 15) is 14.7 Å². The van der Waals surface area contributed by atoms with E-state index < -0.39 is 6.04 Å². The summed E-state index contributed by atoms with van der Waals surface area (Å²) < 4.78 is 5.57. The van der Waals surface area contributed by atoms with Crippen molar-refractivity contribution in [1.82, 2.24) is 10.2 Å². The van der Waals surface area contributed by atoms with Gasteiger partial charge in [0.1, 0.15) is 21.9 Å². The van der Waals surface area contributed by atoms with Gasteiger partial charge in [0.2, 0.25) is 5.91 Å². The van der Waals surface area contributed by atoms with Crippen LogP contribution >= 0.6 is 24.0 Å². The summed E-state index contributed by atoms with van der Waals surface area (Å²) in [4.78, 5) is 26.8. The summed E-state index contributed by atoms with van der Waals surface area (Å²) in [6.45, 7) is 2.07. The maximum Gasteiger partial charge on any atom is 0.267 e. The van der Waals surface area contributed by atoms with Crippen LogP contribution in [0.15, 0.2) is 52.0 Å². The molecular formula is C19H18N2O4S2. The van der Waals surface area contributed by atoms with Gasteiger partial charge in [0.25, 0.3) is 5.91 Å². The van der Waals surface area contributed by atoms with Gasteiger partial charge in [0.15, 0.2) is 0 Å². The first-order chi connectivity index (χ1) is 13.0. The molecule has 1 saturated heterocycles. The number of phenols is 1. The number of amides is 2. The molecule has 3 rings (SSSR count). The molecule has 2 heterocycles. The number of benzene rings is 1. The maximum atomic E-state index is 12.6. The molecule has 140 valence electrons. The van der Waals surface area contributed by atoms with Gasteiger partial charge >= 0.3 is 0 Å². The van der Waals surface area contributed by atoms with Gasteiger partial charge < -0.3 is 14.8 Å². The Kier molecular flexibility index (Phi) is 5.98. The summed E-state index contributed by atoms with van der Waals surface area (Å²) >= 11 is 6.43. The van der Waals surface area contributed by atoms with Gasteiger partial charge in [-0.3, -0.25) is 14.5 Å². The summed E-state index contributed by atoms with van der Waals surface area (Å²) in [5.41, 5.74) is 0.993. The molecule has 6 nitrogen and oxygen atoms in total. The Morgan fingerprint density at radius 3 is 2.78 bits per heavy atom. The second kappa shape index (κ2) is 8.41. The normalized spacial score (nSPS) is 16.8. The number of hydrogen-bond acceptors (Lipinski definition) is 6. The summed E-state index contributed by atoms with van der Waals surface area (Å²) in [5.74, 6) is 0.182. The van der Waals surface area contributed by atoms with Crippen molar-refractivity contribution in [2.24, 2.45) is 0 Å². The third-order valence-electron chi connectivity index (χ3n) is 4.06. The largest absolute Gasteiger partial charge is 0.508 e. The van der Waals surface area contributed by atoms with Crippen LogP contribution in [0.1, 0.15) is 18.2 Å². The number of nitrogens with one attached hydrogen (secondary N) is 1. The van der Waals surface area contributed by atoms with Crippen molar-refractivity contribution in [2.45, 2.75) is 19.4 Å². The molecule has 1 fully saturated rings. The fourth-order valence-corrected chi connectivity index (χ4v) is 3.97. The lowest BCUT2D eigenvalue weighted by Gasteiger charge is -2.22. The number of hydrogen-bond donors (Lipinski definition) is 2. The first-order valence-electron chi connectivity index (χ1n) is 8.32. The molecule has 1 aliphatic rings. The van der Waals surface area contributed by atoms with E-state index in [2.05, 4.69) is 5.32 Å². The molecule has 27 heavy (non-hydrogen) atoms. The lowest BCUT2D eigenvalue weighted by molar-refractivity contribution is -0.132. The van der Waals surface area contributed by atoms with Crippen LogP contribution in [0.2, 0.25) is 0 Å². The quantitative estimate of drug-likeness (QED) is 0.571. The summed E-state index contributed by atoms with van der Waals surface area (Å²) in [5, 5.41) is 12.1. The smallest absolute Gasteiger partial charge is 0.267 e. The fraction of sp³-hybridized carbons (Fsp3) is 0.211. The average Bonchev–Trinajstić information content (AvgIpc) is 3.24. The number of rotatable bonds is 6. The van der Waals surface area contributed by atoms with Crippen molar-refractivity contribution in [3.05, 3.63) is 58.9 Å². The van der Waals surface area contributed by atoms with Gasteiger partial charge in [0, 0.05) is 12.6 Å². The standard InChI is InChI=1S/C19H18N2O4S2/c1-12(17(23)20-9-8-13-4-6-14(22)7-5-13)21-18(24)16(27-19(21)26)11-15-3-2-10-25-15/h2-7,10-12,22H,8-9H2,1H3,(H,20,23). The van der Waals surface area contributed by atoms with Gasteiger partial charge in [0.05, 0.1) is 11.2 Å². The third kappa shape index (κ3) is 4.58. The summed E-state index contributed by atoms with van der Waals surface area (Å²) in [7, 11) is 0. The number of furan rings is 1. The van der Waals surface area contributed by atoms with Crippen LogP contribution in [0.5, 0.6) is 5.75 Å². The minimum Gasteiger partial charge on any atom is -0.508 e. The number of thioether (sulfide) groups is 1. The van der Waals surface area contributed by atoms with Crippen molar-refractivity contribution in [2.75, 3.05) is 6.54 Å². The highest BCUT2D eigenvalue weighted by molar-refractivity contribution is 8.26. The number of thiocarbonyl (C=S) groups is 1. The van der Waals surface area contributed by atoms with Crippen molar-refractivity contribution >= 4 is 46.2 Å². The predicted octanol–water partition coefficient (Wildman–Crippen LogP) is 2.93. The molecule has 2 N–H and O–H groups in total. The van der Waals surface area contributed by atoms with Crippen molar-refractivity contribution in [1.29, 1.82) is 0 Å². The van der Waals surface area contributed by atoms with Crippen LogP contribution in [0.25, 0.3) is 6.08 Å². The number of phenolic OH excluding ortho intramolecular Hbond substituents is 1.